The van der Waals surface area contributed by atoms with Gasteiger partial charge in [0.2, 0.25) is 21.8 Å². The van der Waals surface area contributed by atoms with Crippen molar-refractivity contribution in [1.29, 1.82) is 0 Å². The first-order valence-corrected chi connectivity index (χ1v) is 7.29. The van der Waals surface area contributed by atoms with E-state index in [1.165, 1.54) is 0 Å². The van der Waals surface area contributed by atoms with E-state index in [4.69, 9.17) is 5.73 Å². The number of anilines is 1. The van der Waals surface area contributed by atoms with Gasteiger partial charge >= 0.3 is 0 Å². The molecule has 0 aliphatic carbocycles. The largest absolute Gasteiger partial charge is 0.399 e. The summed E-state index contributed by atoms with van der Waals surface area (Å²) in [4.78, 5) is 21.2. The smallest absolute Gasteiger partial charge is 0.247 e. The van der Waals surface area contributed by atoms with Crippen molar-refractivity contribution in [3.63, 3.8) is 0 Å². The van der Waals surface area contributed by atoms with Crippen LogP contribution in [-0.2, 0) is 19.6 Å². The molecule has 4 N–H and O–H groups in total. The number of sulfonamides is 1. The third-order valence-corrected chi connectivity index (χ3v) is 4.35. The third kappa shape index (κ3) is 3.16. The maximum absolute atomic E-state index is 13.6. The summed E-state index contributed by atoms with van der Waals surface area (Å²) >= 11 is 0. The lowest BCUT2D eigenvalue weighted by Gasteiger charge is -2.21. The van der Waals surface area contributed by atoms with Crippen LogP contribution < -0.4 is 15.8 Å². The van der Waals surface area contributed by atoms with Crippen LogP contribution in [0.25, 0.3) is 0 Å². The van der Waals surface area contributed by atoms with Gasteiger partial charge in [-0.25, -0.2) is 17.2 Å². The number of amides is 2. The molecule has 10 heteroatoms. The van der Waals surface area contributed by atoms with E-state index in [1.807, 2.05) is 10.0 Å². The highest BCUT2D eigenvalue weighted by Gasteiger charge is 2.33. The fourth-order valence-electron chi connectivity index (χ4n) is 1.89. The molecule has 0 saturated carbocycles. The lowest BCUT2D eigenvalue weighted by molar-refractivity contribution is -0.134. The number of nitrogens with one attached hydrogen (secondary N) is 2. The number of hydrogen-bond acceptors (Lipinski definition) is 5. The van der Waals surface area contributed by atoms with Gasteiger partial charge in [0.05, 0.1) is 0 Å². The van der Waals surface area contributed by atoms with Crippen LogP contribution in [0.3, 0.4) is 0 Å². The van der Waals surface area contributed by atoms with Crippen LogP contribution in [-0.4, -0.2) is 26.3 Å². The van der Waals surface area contributed by atoms with Crippen molar-refractivity contribution in [2.24, 2.45) is 0 Å². The molecule has 0 radical (unpaired) electrons. The minimum atomic E-state index is -4.62. The summed E-state index contributed by atoms with van der Waals surface area (Å²) in [6.07, 6.45) is -0.173. The van der Waals surface area contributed by atoms with Crippen LogP contribution in [0, 0.1) is 11.6 Å². The van der Waals surface area contributed by atoms with E-state index in [2.05, 4.69) is 0 Å². The standard InChI is InChI=1S/C11H11F2N3O4S/c12-6-3-5(14)4-7(13)10(6)21(19,20)16-8-1-2-9(17)15-11(8)18/h3-4,8,16H,1-2,14H2,(H,15,17,18). The summed E-state index contributed by atoms with van der Waals surface area (Å²) in [6, 6.07) is 0.0357. The van der Waals surface area contributed by atoms with Gasteiger partial charge in [-0.1, -0.05) is 0 Å². The van der Waals surface area contributed by atoms with Crippen LogP contribution in [0.2, 0.25) is 0 Å². The Morgan fingerprint density at radius 2 is 1.81 bits per heavy atom. The topological polar surface area (TPSA) is 118 Å². The lowest BCUT2D eigenvalue weighted by atomic mass is 10.1. The minimum Gasteiger partial charge on any atom is -0.399 e. The molecule has 21 heavy (non-hydrogen) atoms. The molecular weight excluding hydrogens is 308 g/mol. The van der Waals surface area contributed by atoms with E-state index in [-0.39, 0.29) is 18.5 Å². The Balaban J connectivity index is 2.31. The molecular formula is C11H11F2N3O4S. The van der Waals surface area contributed by atoms with Crippen LogP contribution in [0.1, 0.15) is 12.8 Å². The second kappa shape index (κ2) is 5.37. The first-order valence-electron chi connectivity index (χ1n) is 5.81. The Kier molecular flexibility index (Phi) is 3.92. The number of benzene rings is 1. The molecule has 1 aromatic carbocycles. The van der Waals surface area contributed by atoms with Crippen LogP contribution >= 0.6 is 0 Å². The summed E-state index contributed by atoms with van der Waals surface area (Å²) in [5.41, 5.74) is 4.92. The minimum absolute atomic E-state index is 0.0777. The number of hydrogen-bond donors (Lipinski definition) is 3. The molecule has 1 unspecified atom stereocenters. The highest BCUT2D eigenvalue weighted by Crippen LogP contribution is 2.22. The molecule has 1 saturated heterocycles. The Bertz CT molecular complexity index is 697. The maximum Gasteiger partial charge on any atom is 0.247 e. The Hall–Kier alpha value is -2.07. The van der Waals surface area contributed by atoms with Gasteiger partial charge in [-0.05, 0) is 18.6 Å². The van der Waals surface area contributed by atoms with Crippen molar-refractivity contribution in [3.05, 3.63) is 23.8 Å². The highest BCUT2D eigenvalue weighted by molar-refractivity contribution is 7.89. The Morgan fingerprint density at radius 3 is 2.33 bits per heavy atom. The summed E-state index contributed by atoms with van der Waals surface area (Å²) < 4.78 is 53.1. The first kappa shape index (κ1) is 15.3. The zero-order valence-electron chi connectivity index (χ0n) is 10.5. The fourth-order valence-corrected chi connectivity index (χ4v) is 3.24. The number of carbonyl (C=O) groups is 2. The van der Waals surface area contributed by atoms with Gasteiger partial charge in [0.1, 0.15) is 17.7 Å². The maximum atomic E-state index is 13.6. The molecule has 7 nitrogen and oxygen atoms in total. The quantitative estimate of drug-likeness (QED) is 0.519. The monoisotopic (exact) mass is 319 g/mol. The predicted octanol–water partition coefficient (Wildman–Crippen LogP) is -0.370. The number of nitrogen functional groups attached to an aromatic ring is 1. The number of rotatable bonds is 3. The van der Waals surface area contributed by atoms with Gasteiger partial charge in [0, 0.05) is 12.1 Å². The summed E-state index contributed by atoms with van der Waals surface area (Å²) in [5.74, 6) is -4.15. The average Bonchev–Trinajstić information content (AvgIpc) is 2.30. The molecule has 1 aliphatic heterocycles. The van der Waals surface area contributed by atoms with Crippen molar-refractivity contribution in [1.82, 2.24) is 10.0 Å². The van der Waals surface area contributed by atoms with Crippen molar-refractivity contribution in [3.8, 4) is 0 Å². The second-order valence-corrected chi connectivity index (χ2v) is 6.09. The average molecular weight is 319 g/mol. The van der Waals surface area contributed by atoms with Gasteiger partial charge in [0.25, 0.3) is 0 Å². The van der Waals surface area contributed by atoms with E-state index in [0.29, 0.717) is 12.1 Å². The summed E-state index contributed by atoms with van der Waals surface area (Å²) in [6.45, 7) is 0. The van der Waals surface area contributed by atoms with Gasteiger partial charge < -0.3 is 5.73 Å². The number of halogens is 2. The summed E-state index contributed by atoms with van der Waals surface area (Å²) in [7, 11) is -4.62. The molecule has 0 bridgehead atoms. The van der Waals surface area contributed by atoms with Crippen molar-refractivity contribution < 1.29 is 26.8 Å². The first-order chi connectivity index (χ1) is 9.70. The van der Waals surface area contributed by atoms with E-state index < -0.39 is 44.4 Å². The van der Waals surface area contributed by atoms with Gasteiger partial charge in [-0.15, -0.1) is 0 Å². The zero-order chi connectivity index (χ0) is 15.8. The second-order valence-electron chi connectivity index (χ2n) is 4.44. The highest BCUT2D eigenvalue weighted by atomic mass is 32.2. The molecule has 1 fully saturated rings. The molecule has 1 aliphatic rings. The third-order valence-electron chi connectivity index (χ3n) is 2.83. The Labute approximate surface area is 118 Å². The SMILES string of the molecule is Nc1cc(F)c(S(=O)(=O)NC2CCC(=O)NC2=O)c(F)c1. The van der Waals surface area contributed by atoms with E-state index >= 15 is 0 Å². The van der Waals surface area contributed by atoms with Crippen LogP contribution in [0.5, 0.6) is 0 Å². The van der Waals surface area contributed by atoms with Gasteiger partial charge in [-0.3, -0.25) is 14.9 Å². The molecule has 2 rings (SSSR count). The molecule has 2 amide bonds. The fraction of sp³-hybridized carbons (Fsp3) is 0.273. The van der Waals surface area contributed by atoms with Crippen LogP contribution in [0.4, 0.5) is 14.5 Å². The number of nitrogens with two attached hydrogens (primary N) is 1. The number of piperidine rings is 1. The van der Waals surface area contributed by atoms with Gasteiger partial charge in [0.15, 0.2) is 4.90 Å². The molecule has 114 valence electrons. The lowest BCUT2D eigenvalue weighted by Crippen LogP contribution is -2.52. The van der Waals surface area contributed by atoms with Crippen molar-refractivity contribution in [2.45, 2.75) is 23.8 Å². The van der Waals surface area contributed by atoms with E-state index in [9.17, 15) is 26.8 Å². The Morgan fingerprint density at radius 1 is 1.24 bits per heavy atom. The molecule has 0 aromatic heterocycles. The van der Waals surface area contributed by atoms with Crippen LogP contribution in [0.15, 0.2) is 17.0 Å². The number of imide groups is 1. The number of carbonyl (C=O) groups excluding carboxylic acids is 2. The van der Waals surface area contributed by atoms with Gasteiger partial charge in [-0.2, -0.15) is 4.72 Å². The summed E-state index contributed by atoms with van der Waals surface area (Å²) in [5, 5.41) is 1.93. The normalized spacial score (nSPS) is 19.4. The van der Waals surface area contributed by atoms with Crippen molar-refractivity contribution in [2.75, 3.05) is 5.73 Å². The zero-order valence-corrected chi connectivity index (χ0v) is 11.3. The molecule has 1 heterocycles. The van der Waals surface area contributed by atoms with Crippen molar-refractivity contribution >= 4 is 27.5 Å². The molecule has 1 aromatic rings. The van der Waals surface area contributed by atoms with E-state index in [0.717, 1.165) is 0 Å². The molecule has 1 atom stereocenters. The predicted molar refractivity (Wildman–Crippen MR) is 67.3 cm³/mol. The van der Waals surface area contributed by atoms with E-state index in [1.54, 1.807) is 0 Å². The molecule has 0 spiro atoms.